The summed E-state index contributed by atoms with van der Waals surface area (Å²) >= 11 is 0. The van der Waals surface area contributed by atoms with Crippen molar-refractivity contribution in [2.24, 2.45) is 11.7 Å². The van der Waals surface area contributed by atoms with Crippen LogP contribution in [0.25, 0.3) is 0 Å². The Labute approximate surface area is 83.7 Å². The molecule has 0 aliphatic rings. The normalized spacial score (nSPS) is 15.8. The molecule has 0 aromatic rings. The van der Waals surface area contributed by atoms with E-state index in [1.165, 1.54) is 13.8 Å². The molecule has 0 saturated carbocycles. The zero-order valence-corrected chi connectivity index (χ0v) is 9.00. The molecular weight excluding hydrogens is 184 g/mol. The van der Waals surface area contributed by atoms with Gasteiger partial charge in [0.25, 0.3) is 0 Å². The van der Waals surface area contributed by atoms with Gasteiger partial charge in [-0.25, -0.2) is 4.79 Å². The Kier molecular flexibility index (Phi) is 4.07. The molecule has 0 aliphatic carbocycles. The van der Waals surface area contributed by atoms with Gasteiger partial charge in [0.2, 0.25) is 5.91 Å². The second-order valence-electron chi connectivity index (χ2n) is 4.07. The summed E-state index contributed by atoms with van der Waals surface area (Å²) in [7, 11) is 0. The Hall–Kier alpha value is -1.10. The topological polar surface area (TPSA) is 92.4 Å². The van der Waals surface area contributed by atoms with Crippen molar-refractivity contribution in [3.8, 4) is 0 Å². The Balaban J connectivity index is 4.40. The molecule has 5 heteroatoms. The van der Waals surface area contributed by atoms with E-state index in [2.05, 4.69) is 5.32 Å². The maximum Gasteiger partial charge on any atom is 0.328 e. The lowest BCUT2D eigenvalue weighted by Crippen LogP contribution is -2.53. The Morgan fingerprint density at radius 3 is 2.07 bits per heavy atom. The van der Waals surface area contributed by atoms with Gasteiger partial charge in [0.15, 0.2) is 0 Å². The van der Waals surface area contributed by atoms with Gasteiger partial charge < -0.3 is 16.2 Å². The van der Waals surface area contributed by atoms with Crippen LogP contribution in [0.4, 0.5) is 0 Å². The lowest BCUT2D eigenvalue weighted by atomic mass is 10.00. The second kappa shape index (κ2) is 4.41. The molecule has 5 nitrogen and oxygen atoms in total. The molecule has 0 spiro atoms. The molecule has 0 aromatic carbocycles. The van der Waals surface area contributed by atoms with Gasteiger partial charge in [-0.2, -0.15) is 0 Å². The van der Waals surface area contributed by atoms with Crippen LogP contribution in [0.3, 0.4) is 0 Å². The first-order chi connectivity index (χ1) is 6.18. The number of carbonyl (C=O) groups excluding carboxylic acids is 1. The van der Waals surface area contributed by atoms with Crippen LogP contribution < -0.4 is 11.1 Å². The lowest BCUT2D eigenvalue weighted by Gasteiger charge is -2.24. The number of carboxylic acids is 1. The molecule has 0 aliphatic heterocycles. The minimum absolute atomic E-state index is 0.292. The molecule has 0 heterocycles. The van der Waals surface area contributed by atoms with Gasteiger partial charge in [-0.1, -0.05) is 6.92 Å². The van der Waals surface area contributed by atoms with E-state index in [9.17, 15) is 9.59 Å². The Morgan fingerprint density at radius 2 is 1.79 bits per heavy atom. The highest BCUT2D eigenvalue weighted by atomic mass is 16.4. The molecule has 14 heavy (non-hydrogen) atoms. The summed E-state index contributed by atoms with van der Waals surface area (Å²) in [6.07, 6.45) is 0. The van der Waals surface area contributed by atoms with Crippen molar-refractivity contribution >= 4 is 11.9 Å². The third-order valence-electron chi connectivity index (χ3n) is 2.17. The van der Waals surface area contributed by atoms with E-state index in [1.54, 1.807) is 13.8 Å². The zero-order chi connectivity index (χ0) is 11.5. The molecule has 0 radical (unpaired) electrons. The van der Waals surface area contributed by atoms with Crippen molar-refractivity contribution in [2.45, 2.75) is 39.3 Å². The molecule has 0 saturated heterocycles. The molecule has 0 rings (SSSR count). The fraction of sp³-hybridized carbons (Fsp3) is 0.778. The quantitative estimate of drug-likeness (QED) is 0.596. The standard InChI is InChI=1S/C9H18N2O3/c1-5(6(2)10)7(12)11-9(3,4)8(13)14/h5-6H,10H2,1-4H3,(H,11,12)(H,13,14). The van der Waals surface area contributed by atoms with Crippen molar-refractivity contribution in [1.82, 2.24) is 5.32 Å². The Bertz CT molecular complexity index is 236. The molecule has 0 fully saturated rings. The van der Waals surface area contributed by atoms with Crippen molar-refractivity contribution < 1.29 is 14.7 Å². The summed E-state index contributed by atoms with van der Waals surface area (Å²) in [5.41, 5.74) is 4.27. The number of nitrogens with one attached hydrogen (secondary N) is 1. The molecule has 0 aromatic heterocycles. The summed E-state index contributed by atoms with van der Waals surface area (Å²) in [5, 5.41) is 11.2. The molecule has 2 unspecified atom stereocenters. The highest BCUT2D eigenvalue weighted by Gasteiger charge is 2.31. The predicted octanol–water partition coefficient (Wildman–Crippen LogP) is -0.0509. The maximum absolute atomic E-state index is 11.5. The summed E-state index contributed by atoms with van der Waals surface area (Å²) in [6.45, 7) is 6.23. The van der Waals surface area contributed by atoms with E-state index in [0.29, 0.717) is 0 Å². The smallest absolute Gasteiger partial charge is 0.328 e. The van der Waals surface area contributed by atoms with Crippen LogP contribution in [0, 0.1) is 5.92 Å². The first kappa shape index (κ1) is 12.9. The van der Waals surface area contributed by atoms with Crippen molar-refractivity contribution in [1.29, 1.82) is 0 Å². The summed E-state index contributed by atoms with van der Waals surface area (Å²) in [5.74, 6) is -1.80. The number of hydrogen-bond donors (Lipinski definition) is 3. The number of nitrogens with two attached hydrogens (primary N) is 1. The molecule has 4 N–H and O–H groups in total. The number of amides is 1. The van der Waals surface area contributed by atoms with Gasteiger partial charge in [0.05, 0.1) is 0 Å². The van der Waals surface area contributed by atoms with Crippen molar-refractivity contribution in [2.75, 3.05) is 0 Å². The van der Waals surface area contributed by atoms with Crippen LogP contribution in [-0.4, -0.2) is 28.6 Å². The van der Waals surface area contributed by atoms with Gasteiger partial charge in [-0.15, -0.1) is 0 Å². The summed E-state index contributed by atoms with van der Waals surface area (Å²) in [6, 6.07) is -0.292. The van der Waals surface area contributed by atoms with Gasteiger partial charge in [-0.3, -0.25) is 4.79 Å². The largest absolute Gasteiger partial charge is 0.480 e. The maximum atomic E-state index is 11.5. The number of hydrogen-bond acceptors (Lipinski definition) is 3. The minimum atomic E-state index is -1.25. The van der Waals surface area contributed by atoms with Crippen LogP contribution in [0.5, 0.6) is 0 Å². The van der Waals surface area contributed by atoms with Gasteiger partial charge in [0, 0.05) is 12.0 Å². The summed E-state index contributed by atoms with van der Waals surface area (Å²) < 4.78 is 0. The number of rotatable bonds is 4. The van der Waals surface area contributed by atoms with Crippen LogP contribution in [0.1, 0.15) is 27.7 Å². The first-order valence-electron chi connectivity index (χ1n) is 4.49. The monoisotopic (exact) mass is 202 g/mol. The average Bonchev–Trinajstić information content (AvgIpc) is 2.01. The molecule has 82 valence electrons. The van der Waals surface area contributed by atoms with Gasteiger partial charge in [-0.05, 0) is 20.8 Å². The number of aliphatic carboxylic acids is 1. The Morgan fingerprint density at radius 1 is 1.36 bits per heavy atom. The van der Waals surface area contributed by atoms with Gasteiger partial charge in [0.1, 0.15) is 5.54 Å². The van der Waals surface area contributed by atoms with E-state index < -0.39 is 17.4 Å². The molecular formula is C9H18N2O3. The SMILES string of the molecule is CC(N)C(C)C(=O)NC(C)(C)C(=O)O. The van der Waals surface area contributed by atoms with Crippen LogP contribution in [0.2, 0.25) is 0 Å². The minimum Gasteiger partial charge on any atom is -0.480 e. The fourth-order valence-corrected chi connectivity index (χ4v) is 0.714. The van der Waals surface area contributed by atoms with Crippen LogP contribution in [-0.2, 0) is 9.59 Å². The third-order valence-corrected chi connectivity index (χ3v) is 2.17. The first-order valence-corrected chi connectivity index (χ1v) is 4.49. The van der Waals surface area contributed by atoms with Crippen molar-refractivity contribution in [3.05, 3.63) is 0 Å². The van der Waals surface area contributed by atoms with E-state index in [-0.39, 0.29) is 11.9 Å². The van der Waals surface area contributed by atoms with Crippen LogP contribution >= 0.6 is 0 Å². The van der Waals surface area contributed by atoms with Crippen LogP contribution in [0.15, 0.2) is 0 Å². The highest BCUT2D eigenvalue weighted by molar-refractivity contribution is 5.87. The molecule has 0 bridgehead atoms. The third kappa shape index (κ3) is 3.33. The zero-order valence-electron chi connectivity index (χ0n) is 9.00. The highest BCUT2D eigenvalue weighted by Crippen LogP contribution is 2.06. The second-order valence-corrected chi connectivity index (χ2v) is 4.07. The molecule has 2 atom stereocenters. The van der Waals surface area contributed by atoms with E-state index in [1.807, 2.05) is 0 Å². The average molecular weight is 202 g/mol. The molecule has 1 amide bonds. The van der Waals surface area contributed by atoms with E-state index in [4.69, 9.17) is 10.8 Å². The number of carboxylic acid groups (broad SMARTS) is 1. The van der Waals surface area contributed by atoms with Crippen molar-refractivity contribution in [3.63, 3.8) is 0 Å². The van der Waals surface area contributed by atoms with E-state index >= 15 is 0 Å². The lowest BCUT2D eigenvalue weighted by molar-refractivity contribution is -0.146. The fourth-order valence-electron chi connectivity index (χ4n) is 0.714. The summed E-state index contributed by atoms with van der Waals surface area (Å²) in [4.78, 5) is 22.2. The number of carbonyl (C=O) groups is 2. The van der Waals surface area contributed by atoms with Gasteiger partial charge >= 0.3 is 5.97 Å². The van der Waals surface area contributed by atoms with E-state index in [0.717, 1.165) is 0 Å². The predicted molar refractivity (Wildman–Crippen MR) is 52.7 cm³/mol.